The van der Waals surface area contributed by atoms with Gasteiger partial charge in [0.05, 0.1) is 6.61 Å². The van der Waals surface area contributed by atoms with Crippen molar-refractivity contribution in [1.29, 1.82) is 0 Å². The molecule has 0 aliphatic rings. The SMILES string of the molecule is CCCCCCCCCCCCCCCC(=O)OCCC(OC(=O)CCCCCCCCCCCCCCC)C(C(=O)O)P(=O)(O)O. The third-order valence-electron chi connectivity index (χ3n) is 8.88. The van der Waals surface area contributed by atoms with E-state index in [-0.39, 0.29) is 25.9 Å². The summed E-state index contributed by atoms with van der Waals surface area (Å²) >= 11 is 0. The molecule has 0 aromatic heterocycles. The van der Waals surface area contributed by atoms with E-state index < -0.39 is 37.3 Å². The van der Waals surface area contributed by atoms with Crippen molar-refractivity contribution < 1.29 is 43.3 Å². The van der Waals surface area contributed by atoms with Gasteiger partial charge in [-0.1, -0.05) is 168 Å². The molecular weight excluding hydrogens is 619 g/mol. The molecule has 10 heteroatoms. The first-order chi connectivity index (χ1) is 22.6. The maximum absolute atomic E-state index is 12.5. The third-order valence-corrected chi connectivity index (χ3v) is 10.2. The molecule has 0 aromatic rings. The molecule has 0 saturated heterocycles. The molecule has 0 radical (unpaired) electrons. The number of ether oxygens (including phenoxy) is 2. The first-order valence-electron chi connectivity index (χ1n) is 19.3. The van der Waals surface area contributed by atoms with Gasteiger partial charge in [-0.15, -0.1) is 0 Å². The second kappa shape index (κ2) is 31.8. The minimum Gasteiger partial charge on any atom is -0.480 e. The van der Waals surface area contributed by atoms with Crippen molar-refractivity contribution in [2.24, 2.45) is 0 Å². The highest BCUT2D eigenvalue weighted by atomic mass is 31.2. The summed E-state index contributed by atoms with van der Waals surface area (Å²) < 4.78 is 22.4. The highest BCUT2D eigenvalue weighted by Gasteiger charge is 2.44. The lowest BCUT2D eigenvalue weighted by Gasteiger charge is -2.24. The zero-order valence-electron chi connectivity index (χ0n) is 30.1. The zero-order chi connectivity index (χ0) is 35.0. The molecule has 0 amide bonds. The second-order valence-corrected chi connectivity index (χ2v) is 15.1. The Morgan fingerprint density at radius 1 is 0.532 bits per heavy atom. The molecule has 0 saturated carbocycles. The molecule has 2 unspecified atom stereocenters. The molecule has 47 heavy (non-hydrogen) atoms. The summed E-state index contributed by atoms with van der Waals surface area (Å²) in [5.41, 5.74) is -2.21. The molecule has 0 fully saturated rings. The second-order valence-electron chi connectivity index (χ2n) is 13.4. The van der Waals surface area contributed by atoms with Gasteiger partial charge in [0.25, 0.3) is 0 Å². The smallest absolute Gasteiger partial charge is 0.343 e. The van der Waals surface area contributed by atoms with E-state index >= 15 is 0 Å². The summed E-state index contributed by atoms with van der Waals surface area (Å²) in [4.78, 5) is 55.7. The lowest BCUT2D eigenvalue weighted by molar-refractivity contribution is -0.154. The van der Waals surface area contributed by atoms with Gasteiger partial charge < -0.3 is 24.4 Å². The molecule has 0 bridgehead atoms. The van der Waals surface area contributed by atoms with Crippen LogP contribution in [-0.2, 0) is 28.4 Å². The van der Waals surface area contributed by atoms with Gasteiger partial charge in [0, 0.05) is 19.3 Å². The van der Waals surface area contributed by atoms with Crippen LogP contribution in [0.2, 0.25) is 0 Å². The van der Waals surface area contributed by atoms with Crippen LogP contribution < -0.4 is 0 Å². The first-order valence-corrected chi connectivity index (χ1v) is 20.9. The number of unbranched alkanes of at least 4 members (excludes halogenated alkanes) is 24. The Bertz CT molecular complexity index is 814. The fourth-order valence-electron chi connectivity index (χ4n) is 5.96. The number of carbonyl (C=O) groups excluding carboxylic acids is 2. The van der Waals surface area contributed by atoms with Crippen LogP contribution in [0.5, 0.6) is 0 Å². The van der Waals surface area contributed by atoms with Crippen LogP contribution in [0.1, 0.15) is 200 Å². The van der Waals surface area contributed by atoms with E-state index in [2.05, 4.69) is 13.8 Å². The maximum Gasteiger partial charge on any atom is 0.343 e. The molecule has 9 nitrogen and oxygen atoms in total. The van der Waals surface area contributed by atoms with Crippen molar-refractivity contribution in [3.8, 4) is 0 Å². The Morgan fingerprint density at radius 2 is 0.851 bits per heavy atom. The van der Waals surface area contributed by atoms with Crippen LogP contribution >= 0.6 is 7.60 Å². The van der Waals surface area contributed by atoms with Gasteiger partial charge >= 0.3 is 25.5 Å². The minimum absolute atomic E-state index is 0.0423. The van der Waals surface area contributed by atoms with Gasteiger partial charge in [0.1, 0.15) is 6.10 Å². The van der Waals surface area contributed by atoms with E-state index in [0.29, 0.717) is 12.8 Å². The van der Waals surface area contributed by atoms with Gasteiger partial charge in [-0.25, -0.2) is 0 Å². The third kappa shape index (κ3) is 29.2. The van der Waals surface area contributed by atoms with E-state index in [1.807, 2.05) is 0 Å². The van der Waals surface area contributed by atoms with Crippen molar-refractivity contribution in [1.82, 2.24) is 0 Å². The predicted octanol–water partition coefficient (Wildman–Crippen LogP) is 10.4. The van der Waals surface area contributed by atoms with Crippen molar-refractivity contribution >= 4 is 25.5 Å². The van der Waals surface area contributed by atoms with E-state index in [0.717, 1.165) is 38.5 Å². The van der Waals surface area contributed by atoms with Crippen molar-refractivity contribution in [2.75, 3.05) is 6.61 Å². The standard InChI is InChI=1S/C37H71O9P/c1-3-5-7-9-11-13-15-17-19-21-23-25-27-29-34(38)45-32-31-33(36(37(40)41)47(42,43)44)46-35(39)30-28-26-24-22-20-18-16-14-12-10-8-6-4-2/h33,36H,3-32H2,1-2H3,(H,40,41)(H2,42,43,44). The number of esters is 2. The van der Waals surface area contributed by atoms with Crippen LogP contribution in [0.3, 0.4) is 0 Å². The monoisotopic (exact) mass is 690 g/mol. The van der Waals surface area contributed by atoms with Crippen LogP contribution in [-0.4, -0.2) is 51.2 Å². The van der Waals surface area contributed by atoms with Crippen molar-refractivity contribution in [3.05, 3.63) is 0 Å². The molecule has 0 aliphatic heterocycles. The molecule has 0 rings (SSSR count). The molecule has 0 spiro atoms. The molecule has 0 heterocycles. The van der Waals surface area contributed by atoms with Gasteiger partial charge in [0.2, 0.25) is 0 Å². The summed E-state index contributed by atoms with van der Waals surface area (Å²) in [6, 6.07) is 0. The quantitative estimate of drug-likeness (QED) is 0.0336. The van der Waals surface area contributed by atoms with Crippen LogP contribution in [0.25, 0.3) is 0 Å². The Labute approximate surface area is 286 Å². The van der Waals surface area contributed by atoms with E-state index in [1.165, 1.54) is 116 Å². The molecule has 0 aliphatic carbocycles. The Hall–Kier alpha value is -1.44. The number of carboxylic acid groups (broad SMARTS) is 1. The van der Waals surface area contributed by atoms with Crippen LogP contribution in [0.4, 0.5) is 0 Å². The van der Waals surface area contributed by atoms with Gasteiger partial charge in [-0.3, -0.25) is 18.9 Å². The lowest BCUT2D eigenvalue weighted by Crippen LogP contribution is -2.38. The molecule has 0 aromatic carbocycles. The highest BCUT2D eigenvalue weighted by molar-refractivity contribution is 7.53. The first kappa shape index (κ1) is 45.6. The largest absolute Gasteiger partial charge is 0.480 e. The van der Waals surface area contributed by atoms with Gasteiger partial charge in [0.15, 0.2) is 5.66 Å². The van der Waals surface area contributed by atoms with Gasteiger partial charge in [-0.2, -0.15) is 0 Å². The number of rotatable bonds is 35. The Morgan fingerprint density at radius 3 is 1.17 bits per heavy atom. The van der Waals surface area contributed by atoms with Crippen molar-refractivity contribution in [3.63, 3.8) is 0 Å². The molecule has 278 valence electrons. The summed E-state index contributed by atoms with van der Waals surface area (Å²) in [6.45, 7) is 4.18. The molecule has 2 atom stereocenters. The summed E-state index contributed by atoms with van der Waals surface area (Å²) in [5, 5.41) is 9.50. The van der Waals surface area contributed by atoms with Crippen LogP contribution in [0.15, 0.2) is 0 Å². The van der Waals surface area contributed by atoms with Crippen LogP contribution in [0, 0.1) is 0 Å². The number of hydrogen-bond acceptors (Lipinski definition) is 6. The van der Waals surface area contributed by atoms with Gasteiger partial charge in [-0.05, 0) is 12.8 Å². The maximum atomic E-state index is 12.5. The van der Waals surface area contributed by atoms with E-state index in [9.17, 15) is 33.8 Å². The number of aliphatic carboxylic acids is 1. The van der Waals surface area contributed by atoms with E-state index in [1.54, 1.807) is 0 Å². The van der Waals surface area contributed by atoms with E-state index in [4.69, 9.17) is 9.47 Å². The topological polar surface area (TPSA) is 147 Å². The fraction of sp³-hybridized carbons (Fsp3) is 0.919. The number of carboxylic acids is 1. The molecular formula is C37H71O9P. The molecule has 3 N–H and O–H groups in total. The minimum atomic E-state index is -5.13. The predicted molar refractivity (Wildman–Crippen MR) is 190 cm³/mol. The zero-order valence-corrected chi connectivity index (χ0v) is 31.0. The average Bonchev–Trinajstić information content (AvgIpc) is 3.00. The number of hydrogen-bond donors (Lipinski definition) is 3. The van der Waals surface area contributed by atoms with Crippen molar-refractivity contribution in [2.45, 2.75) is 212 Å². The normalized spacial score (nSPS) is 12.9. The summed E-state index contributed by atoms with van der Waals surface area (Å²) in [7, 11) is -5.13. The summed E-state index contributed by atoms with van der Waals surface area (Å²) in [6.07, 6.45) is 28.9. The lowest BCUT2D eigenvalue weighted by atomic mass is 10.0. The Balaban J connectivity index is 4.22. The summed E-state index contributed by atoms with van der Waals surface area (Å²) in [5.74, 6) is -2.90. The fourth-order valence-corrected chi connectivity index (χ4v) is 6.89. The Kier molecular flexibility index (Phi) is 30.8. The number of carbonyl (C=O) groups is 3. The average molecular weight is 691 g/mol. The highest BCUT2D eigenvalue weighted by Crippen LogP contribution is 2.44.